The van der Waals surface area contributed by atoms with Crippen molar-refractivity contribution in [2.45, 2.75) is 13.0 Å². The minimum atomic E-state index is -3.27. The van der Waals surface area contributed by atoms with Gasteiger partial charge in [-0.1, -0.05) is 6.07 Å². The number of benzene rings is 1. The van der Waals surface area contributed by atoms with E-state index in [4.69, 9.17) is 5.73 Å². The van der Waals surface area contributed by atoms with Crippen LogP contribution in [0.2, 0.25) is 0 Å². The van der Waals surface area contributed by atoms with Crippen LogP contribution in [0.5, 0.6) is 0 Å². The molecular weight excluding hydrogens is 252 g/mol. The molecule has 0 bridgehead atoms. The van der Waals surface area contributed by atoms with Gasteiger partial charge >= 0.3 is 0 Å². The van der Waals surface area contributed by atoms with Crippen LogP contribution in [0.1, 0.15) is 11.1 Å². The SMILES string of the molecule is CS(=O)(=O)CC(=O)N1CCc2ccc(N)cc2C1. The van der Waals surface area contributed by atoms with Crippen LogP contribution in [-0.4, -0.2) is 37.8 Å². The van der Waals surface area contributed by atoms with Crippen LogP contribution in [0.4, 0.5) is 5.69 Å². The first-order valence-electron chi connectivity index (χ1n) is 5.68. The molecule has 0 saturated carbocycles. The molecule has 2 N–H and O–H groups in total. The number of nitrogens with zero attached hydrogens (tertiary/aromatic N) is 1. The molecule has 0 saturated heterocycles. The number of hydrogen-bond acceptors (Lipinski definition) is 4. The van der Waals surface area contributed by atoms with Gasteiger partial charge in [0.1, 0.15) is 5.75 Å². The van der Waals surface area contributed by atoms with E-state index < -0.39 is 15.6 Å². The zero-order valence-electron chi connectivity index (χ0n) is 10.2. The fourth-order valence-electron chi connectivity index (χ4n) is 2.11. The molecule has 0 atom stereocenters. The van der Waals surface area contributed by atoms with Crippen molar-refractivity contribution in [1.29, 1.82) is 0 Å². The Labute approximate surface area is 107 Å². The third kappa shape index (κ3) is 3.01. The maximum absolute atomic E-state index is 11.8. The van der Waals surface area contributed by atoms with Gasteiger partial charge in [0.2, 0.25) is 5.91 Å². The van der Waals surface area contributed by atoms with Crippen molar-refractivity contribution in [1.82, 2.24) is 4.90 Å². The molecule has 2 rings (SSSR count). The van der Waals surface area contributed by atoms with Crippen LogP contribution in [0.15, 0.2) is 18.2 Å². The number of anilines is 1. The van der Waals surface area contributed by atoms with Gasteiger partial charge in [-0.3, -0.25) is 4.79 Å². The third-order valence-corrected chi connectivity index (χ3v) is 3.75. The average molecular weight is 268 g/mol. The Bertz CT molecular complexity index is 581. The summed E-state index contributed by atoms with van der Waals surface area (Å²) in [6, 6.07) is 5.64. The summed E-state index contributed by atoms with van der Waals surface area (Å²) >= 11 is 0. The largest absolute Gasteiger partial charge is 0.399 e. The Morgan fingerprint density at radius 2 is 2.11 bits per heavy atom. The quantitative estimate of drug-likeness (QED) is 0.777. The first-order chi connectivity index (χ1) is 8.35. The minimum Gasteiger partial charge on any atom is -0.399 e. The number of nitrogen functional groups attached to an aromatic ring is 1. The molecule has 0 radical (unpaired) electrons. The van der Waals surface area contributed by atoms with Gasteiger partial charge in [-0.15, -0.1) is 0 Å². The highest BCUT2D eigenvalue weighted by Gasteiger charge is 2.23. The third-order valence-electron chi connectivity index (χ3n) is 2.98. The summed E-state index contributed by atoms with van der Waals surface area (Å²) in [5.74, 6) is -0.768. The lowest BCUT2D eigenvalue weighted by Gasteiger charge is -2.28. The standard InChI is InChI=1S/C12H16N2O3S/c1-18(16,17)8-12(15)14-5-4-9-2-3-11(13)6-10(9)7-14/h2-3,6H,4-5,7-8,13H2,1H3. The molecule has 1 heterocycles. The second kappa shape index (κ2) is 4.61. The zero-order valence-corrected chi connectivity index (χ0v) is 11.0. The number of nitrogens with two attached hydrogens (primary N) is 1. The molecule has 1 aliphatic heterocycles. The van der Waals surface area contributed by atoms with Gasteiger partial charge < -0.3 is 10.6 Å². The highest BCUT2D eigenvalue weighted by Crippen LogP contribution is 2.21. The summed E-state index contributed by atoms with van der Waals surface area (Å²) < 4.78 is 22.2. The molecule has 0 aromatic heterocycles. The van der Waals surface area contributed by atoms with Crippen LogP contribution in [0, 0.1) is 0 Å². The maximum atomic E-state index is 11.8. The van der Waals surface area contributed by atoms with Crippen LogP contribution in [0.25, 0.3) is 0 Å². The van der Waals surface area contributed by atoms with Crippen molar-refractivity contribution in [3.8, 4) is 0 Å². The van der Waals surface area contributed by atoms with E-state index in [9.17, 15) is 13.2 Å². The highest BCUT2D eigenvalue weighted by atomic mass is 32.2. The van der Waals surface area contributed by atoms with E-state index in [0.29, 0.717) is 18.8 Å². The average Bonchev–Trinajstić information content (AvgIpc) is 2.25. The van der Waals surface area contributed by atoms with E-state index in [-0.39, 0.29) is 5.91 Å². The van der Waals surface area contributed by atoms with E-state index in [1.807, 2.05) is 18.2 Å². The van der Waals surface area contributed by atoms with E-state index in [0.717, 1.165) is 18.2 Å². The molecule has 98 valence electrons. The molecule has 0 spiro atoms. The lowest BCUT2D eigenvalue weighted by Crippen LogP contribution is -2.39. The molecule has 0 unspecified atom stereocenters. The Hall–Kier alpha value is -1.56. The molecule has 1 aromatic rings. The van der Waals surface area contributed by atoms with Crippen LogP contribution in [0.3, 0.4) is 0 Å². The monoisotopic (exact) mass is 268 g/mol. The smallest absolute Gasteiger partial charge is 0.238 e. The Morgan fingerprint density at radius 1 is 1.39 bits per heavy atom. The summed E-state index contributed by atoms with van der Waals surface area (Å²) in [4.78, 5) is 13.4. The predicted octanol–water partition coefficient (Wildman–Crippen LogP) is 0.198. The number of carbonyl (C=O) groups is 1. The Balaban J connectivity index is 2.14. The number of rotatable bonds is 2. The van der Waals surface area contributed by atoms with E-state index >= 15 is 0 Å². The number of hydrogen-bond donors (Lipinski definition) is 1. The van der Waals surface area contributed by atoms with Gasteiger partial charge in [-0.25, -0.2) is 8.42 Å². The summed E-state index contributed by atoms with van der Waals surface area (Å²) in [7, 11) is -3.27. The molecule has 0 aliphatic carbocycles. The van der Waals surface area contributed by atoms with Gasteiger partial charge in [-0.05, 0) is 29.7 Å². The Morgan fingerprint density at radius 3 is 2.78 bits per heavy atom. The van der Waals surface area contributed by atoms with Crippen LogP contribution >= 0.6 is 0 Å². The van der Waals surface area contributed by atoms with E-state index in [1.165, 1.54) is 5.56 Å². The van der Waals surface area contributed by atoms with Crippen molar-refractivity contribution in [3.63, 3.8) is 0 Å². The molecule has 1 aliphatic rings. The molecule has 0 fully saturated rings. The topological polar surface area (TPSA) is 80.5 Å². The summed E-state index contributed by atoms with van der Waals surface area (Å²) in [6.07, 6.45) is 1.81. The van der Waals surface area contributed by atoms with Gasteiger partial charge in [0.15, 0.2) is 9.84 Å². The normalized spacial score (nSPS) is 15.3. The first-order valence-corrected chi connectivity index (χ1v) is 7.74. The second-order valence-electron chi connectivity index (χ2n) is 4.66. The fourth-order valence-corrected chi connectivity index (χ4v) is 2.74. The van der Waals surface area contributed by atoms with Crippen molar-refractivity contribution in [2.24, 2.45) is 0 Å². The lowest BCUT2D eigenvalue weighted by atomic mass is 9.99. The minimum absolute atomic E-state index is 0.342. The molecular formula is C12H16N2O3S. The molecule has 6 heteroatoms. The maximum Gasteiger partial charge on any atom is 0.238 e. The Kier molecular flexibility index (Phi) is 3.30. The van der Waals surface area contributed by atoms with Crippen LogP contribution in [-0.2, 0) is 27.6 Å². The molecule has 1 aromatic carbocycles. The van der Waals surface area contributed by atoms with Gasteiger partial charge in [0, 0.05) is 25.0 Å². The first kappa shape index (κ1) is 12.9. The molecule has 5 nitrogen and oxygen atoms in total. The van der Waals surface area contributed by atoms with Crippen molar-refractivity contribution in [3.05, 3.63) is 29.3 Å². The van der Waals surface area contributed by atoms with Crippen LogP contribution < -0.4 is 5.73 Å². The van der Waals surface area contributed by atoms with Gasteiger partial charge in [0.05, 0.1) is 0 Å². The number of amides is 1. The lowest BCUT2D eigenvalue weighted by molar-refractivity contribution is -0.129. The number of sulfone groups is 1. The van der Waals surface area contributed by atoms with Gasteiger partial charge in [0.25, 0.3) is 0 Å². The highest BCUT2D eigenvalue weighted by molar-refractivity contribution is 7.91. The molecule has 18 heavy (non-hydrogen) atoms. The number of fused-ring (bicyclic) bond motifs is 1. The number of carbonyl (C=O) groups excluding carboxylic acids is 1. The zero-order chi connectivity index (χ0) is 13.3. The van der Waals surface area contributed by atoms with Gasteiger partial charge in [-0.2, -0.15) is 0 Å². The molecule has 1 amide bonds. The van der Waals surface area contributed by atoms with Crippen molar-refractivity contribution >= 4 is 21.4 Å². The summed E-state index contributed by atoms with van der Waals surface area (Å²) in [5.41, 5.74) is 8.54. The van der Waals surface area contributed by atoms with Crippen molar-refractivity contribution in [2.75, 3.05) is 24.3 Å². The second-order valence-corrected chi connectivity index (χ2v) is 6.80. The summed E-state index contributed by atoms with van der Waals surface area (Å²) in [5, 5.41) is 0. The fraction of sp³-hybridized carbons (Fsp3) is 0.417. The predicted molar refractivity (Wildman–Crippen MR) is 69.7 cm³/mol. The summed E-state index contributed by atoms with van der Waals surface area (Å²) in [6.45, 7) is 1.000. The van der Waals surface area contributed by atoms with E-state index in [1.54, 1.807) is 4.90 Å². The van der Waals surface area contributed by atoms with E-state index in [2.05, 4.69) is 0 Å². The van der Waals surface area contributed by atoms with Crippen molar-refractivity contribution < 1.29 is 13.2 Å².